The van der Waals surface area contributed by atoms with Gasteiger partial charge in [-0.05, 0) is 111 Å². The van der Waals surface area contributed by atoms with Gasteiger partial charge in [0.2, 0.25) is 0 Å². The molecular weight excluding hydrogens is 720 g/mol. The lowest BCUT2D eigenvalue weighted by Gasteiger charge is -2.33. The Hall–Kier alpha value is -2.91. The third-order valence-electron chi connectivity index (χ3n) is 7.67. The number of nitrogens with zero attached hydrogens (tertiary/aromatic N) is 2. The van der Waals surface area contributed by atoms with Crippen LogP contribution in [0.25, 0.3) is 0 Å². The molecule has 1 N–H and O–H groups in total. The number of aryl methyl sites for hydroxylation is 2. The number of carbonyl (C=O) groups is 2. The molecule has 2 aliphatic heterocycles. The van der Waals surface area contributed by atoms with E-state index in [0.29, 0.717) is 19.6 Å². The number of hydrogen-bond donors (Lipinski definition) is 1. The van der Waals surface area contributed by atoms with Crippen LogP contribution in [0.4, 0.5) is 9.59 Å². The second-order valence-corrected chi connectivity index (χ2v) is 19.0. The van der Waals surface area contributed by atoms with Crippen LogP contribution in [-0.2, 0) is 32.8 Å². The topological polar surface area (TPSA) is 157 Å². The van der Waals surface area contributed by atoms with Crippen LogP contribution in [0.5, 0.6) is 0 Å². The standard InChI is InChI=1S/C18H27NO5S.C11H21NO3.C7H7ClO2S/c1-14-7-9-16(10-8-14)25(21,22)23-13-15-6-5-11-19(12-15)17(20)24-18(2,3)4;1-11(2,3)15-10(14)12-6-4-5-9(7-12)8-13;1-6-2-4-7(5-3-6)11(8,9)10/h7-10,15H,5-6,11-13H2,1-4H3;9,13H,4-8H2,1-3H3;2-5H,1H3. The van der Waals surface area contributed by atoms with Gasteiger partial charge in [-0.25, -0.2) is 18.0 Å². The van der Waals surface area contributed by atoms with Crippen molar-refractivity contribution in [2.75, 3.05) is 39.4 Å². The van der Waals surface area contributed by atoms with E-state index in [4.69, 9.17) is 29.4 Å². The molecule has 2 amide bonds. The van der Waals surface area contributed by atoms with Crippen molar-refractivity contribution < 1.29 is 45.2 Å². The maximum atomic E-state index is 12.3. The molecule has 0 radical (unpaired) electrons. The highest BCUT2D eigenvalue weighted by atomic mass is 35.7. The highest BCUT2D eigenvalue weighted by molar-refractivity contribution is 8.13. The van der Waals surface area contributed by atoms with Crippen LogP contribution in [0.3, 0.4) is 0 Å². The van der Waals surface area contributed by atoms with Crippen LogP contribution in [0.2, 0.25) is 0 Å². The second-order valence-electron chi connectivity index (χ2n) is 14.9. The summed E-state index contributed by atoms with van der Waals surface area (Å²) in [7, 11) is -2.24. The first-order chi connectivity index (χ1) is 23.5. The average molecular weight is 775 g/mol. The highest BCUT2D eigenvalue weighted by Crippen LogP contribution is 2.22. The molecule has 15 heteroatoms. The molecule has 0 aliphatic carbocycles. The summed E-state index contributed by atoms with van der Waals surface area (Å²) in [5.41, 5.74) is 1.01. The van der Waals surface area contributed by atoms with Gasteiger partial charge in [0.05, 0.1) is 16.4 Å². The molecule has 2 aromatic carbocycles. The van der Waals surface area contributed by atoms with Gasteiger partial charge in [0.15, 0.2) is 0 Å². The smallest absolute Gasteiger partial charge is 0.410 e. The summed E-state index contributed by atoms with van der Waals surface area (Å²) in [6.07, 6.45) is 2.94. The second kappa shape index (κ2) is 19.2. The van der Waals surface area contributed by atoms with E-state index in [1.165, 1.54) is 12.1 Å². The van der Waals surface area contributed by atoms with E-state index in [1.807, 2.05) is 55.4 Å². The van der Waals surface area contributed by atoms with E-state index in [2.05, 4.69) is 0 Å². The molecule has 12 nitrogen and oxygen atoms in total. The SMILES string of the molecule is CC(C)(C)OC(=O)N1CCCC(CO)C1.Cc1ccc(S(=O)(=O)Cl)cc1.Cc1ccc(S(=O)(=O)OCC2CCCN(C(=O)OC(C)(C)C)C2)cc1. The monoisotopic (exact) mass is 774 g/mol. The number of rotatable bonds is 6. The van der Waals surface area contributed by atoms with Crippen molar-refractivity contribution in [2.24, 2.45) is 11.8 Å². The fraction of sp³-hybridized carbons (Fsp3) is 0.611. The van der Waals surface area contributed by atoms with Gasteiger partial charge < -0.3 is 24.4 Å². The summed E-state index contributed by atoms with van der Waals surface area (Å²) in [6, 6.07) is 12.9. The molecule has 2 atom stereocenters. The first kappa shape index (κ1) is 44.3. The van der Waals surface area contributed by atoms with Crippen molar-refractivity contribution in [3.63, 3.8) is 0 Å². The van der Waals surface area contributed by atoms with E-state index >= 15 is 0 Å². The molecule has 51 heavy (non-hydrogen) atoms. The molecule has 0 bridgehead atoms. The summed E-state index contributed by atoms with van der Waals surface area (Å²) in [4.78, 5) is 27.5. The van der Waals surface area contributed by atoms with Crippen molar-refractivity contribution in [1.29, 1.82) is 0 Å². The van der Waals surface area contributed by atoms with Crippen molar-refractivity contribution >= 4 is 42.0 Å². The zero-order chi connectivity index (χ0) is 38.6. The van der Waals surface area contributed by atoms with E-state index in [9.17, 15) is 26.4 Å². The van der Waals surface area contributed by atoms with Crippen LogP contribution >= 0.6 is 10.7 Å². The molecule has 2 saturated heterocycles. The predicted octanol–water partition coefficient (Wildman–Crippen LogP) is 6.90. The minimum Gasteiger partial charge on any atom is -0.444 e. The van der Waals surface area contributed by atoms with Crippen molar-refractivity contribution in [1.82, 2.24) is 9.80 Å². The molecule has 2 fully saturated rings. The first-order valence-corrected chi connectivity index (χ1v) is 20.7. The molecule has 0 spiro atoms. The molecule has 0 saturated carbocycles. The number of carbonyl (C=O) groups excluding carboxylic acids is 2. The van der Waals surface area contributed by atoms with E-state index in [0.717, 1.165) is 43.4 Å². The Morgan fingerprint density at radius 3 is 1.51 bits per heavy atom. The average Bonchev–Trinajstić information content (AvgIpc) is 3.03. The van der Waals surface area contributed by atoms with Gasteiger partial charge in [-0.15, -0.1) is 0 Å². The Labute approximate surface area is 308 Å². The van der Waals surface area contributed by atoms with E-state index in [1.54, 1.807) is 46.2 Å². The lowest BCUT2D eigenvalue weighted by Crippen LogP contribution is -2.44. The fourth-order valence-corrected chi connectivity index (χ4v) is 6.81. The number of aliphatic hydroxyl groups is 1. The molecule has 2 aromatic rings. The van der Waals surface area contributed by atoms with Gasteiger partial charge in [-0.1, -0.05) is 35.4 Å². The van der Waals surface area contributed by atoms with Crippen molar-refractivity contribution in [3.8, 4) is 0 Å². The summed E-state index contributed by atoms with van der Waals surface area (Å²) >= 11 is 0. The molecule has 288 valence electrons. The summed E-state index contributed by atoms with van der Waals surface area (Å²) in [6.45, 7) is 17.5. The molecule has 0 aromatic heterocycles. The van der Waals surface area contributed by atoms with Crippen LogP contribution in [0.15, 0.2) is 58.3 Å². The van der Waals surface area contributed by atoms with Crippen LogP contribution in [-0.4, -0.2) is 94.5 Å². The summed E-state index contributed by atoms with van der Waals surface area (Å²) in [5.74, 6) is 0.188. The van der Waals surface area contributed by atoms with Gasteiger partial charge in [0, 0.05) is 49.4 Å². The Morgan fingerprint density at radius 1 is 0.725 bits per heavy atom. The zero-order valence-corrected chi connectivity index (χ0v) is 33.4. The predicted molar refractivity (Wildman–Crippen MR) is 197 cm³/mol. The maximum absolute atomic E-state index is 12.3. The zero-order valence-electron chi connectivity index (χ0n) is 31.1. The highest BCUT2D eigenvalue weighted by Gasteiger charge is 2.29. The van der Waals surface area contributed by atoms with Gasteiger partial charge in [0.25, 0.3) is 19.2 Å². The number of benzene rings is 2. The normalized spacial score (nSPS) is 18.4. The fourth-order valence-electron chi connectivity index (χ4n) is 5.06. The Morgan fingerprint density at radius 2 is 1.12 bits per heavy atom. The lowest BCUT2D eigenvalue weighted by atomic mass is 9.99. The number of aliphatic hydroxyl groups excluding tert-OH is 1. The largest absolute Gasteiger partial charge is 0.444 e. The maximum Gasteiger partial charge on any atom is 0.410 e. The van der Waals surface area contributed by atoms with Crippen LogP contribution in [0.1, 0.15) is 78.4 Å². The molecule has 4 rings (SSSR count). The minimum atomic E-state index is -3.78. The van der Waals surface area contributed by atoms with Gasteiger partial charge in [-0.2, -0.15) is 8.42 Å². The van der Waals surface area contributed by atoms with E-state index in [-0.39, 0.29) is 47.0 Å². The first-order valence-electron chi connectivity index (χ1n) is 17.0. The molecule has 2 unspecified atom stereocenters. The van der Waals surface area contributed by atoms with Crippen LogP contribution in [0, 0.1) is 25.7 Å². The van der Waals surface area contributed by atoms with Gasteiger partial charge in [0.1, 0.15) is 11.2 Å². The number of ether oxygens (including phenoxy) is 2. The van der Waals surface area contributed by atoms with Gasteiger partial charge >= 0.3 is 12.2 Å². The molecule has 2 heterocycles. The number of likely N-dealkylation sites (tertiary alicyclic amines) is 2. The molecule has 2 aliphatic rings. The Bertz CT molecular complexity index is 1620. The number of halogens is 1. The third-order valence-corrected chi connectivity index (χ3v) is 10.3. The Kier molecular flexibility index (Phi) is 16.7. The number of amides is 2. The van der Waals surface area contributed by atoms with Gasteiger partial charge in [-0.3, -0.25) is 4.18 Å². The van der Waals surface area contributed by atoms with Crippen LogP contribution < -0.4 is 0 Å². The third kappa shape index (κ3) is 17.0. The minimum absolute atomic E-state index is 0.0264. The quantitative estimate of drug-likeness (QED) is 0.242. The van der Waals surface area contributed by atoms with E-state index < -0.39 is 30.4 Å². The summed E-state index contributed by atoms with van der Waals surface area (Å²) in [5, 5.41) is 9.04. The molecular formula is C36H55ClN2O10S2. The number of piperidine rings is 2. The van der Waals surface area contributed by atoms with Crippen molar-refractivity contribution in [2.45, 2.75) is 102 Å². The summed E-state index contributed by atoms with van der Waals surface area (Å²) < 4.78 is 61.8. The Balaban J connectivity index is 0.000000293. The van der Waals surface area contributed by atoms with Crippen molar-refractivity contribution in [3.05, 3.63) is 59.7 Å². The number of hydrogen-bond acceptors (Lipinski definition) is 10. The lowest BCUT2D eigenvalue weighted by molar-refractivity contribution is 0.0125.